The number of hydrogen-bond donors (Lipinski definition) is 0. The van der Waals surface area contributed by atoms with Crippen LogP contribution in [0.15, 0.2) is 42.5 Å². The number of halogens is 3. The van der Waals surface area contributed by atoms with E-state index in [1.807, 2.05) is 32.0 Å². The SMILES string of the molecule is CCc1c(C)cccc1Oc1ccc(C(F)(F)F)cc1. The van der Waals surface area contributed by atoms with Gasteiger partial charge < -0.3 is 4.74 Å². The van der Waals surface area contributed by atoms with Gasteiger partial charge in [0.05, 0.1) is 5.56 Å². The van der Waals surface area contributed by atoms with Crippen molar-refractivity contribution in [1.29, 1.82) is 0 Å². The highest BCUT2D eigenvalue weighted by molar-refractivity contribution is 5.42. The lowest BCUT2D eigenvalue weighted by atomic mass is 10.1. The normalized spacial score (nSPS) is 11.4. The van der Waals surface area contributed by atoms with Crippen molar-refractivity contribution in [2.45, 2.75) is 26.4 Å². The van der Waals surface area contributed by atoms with E-state index in [9.17, 15) is 13.2 Å². The molecule has 0 saturated heterocycles. The lowest BCUT2D eigenvalue weighted by Gasteiger charge is -2.13. The molecule has 2 aromatic rings. The van der Waals surface area contributed by atoms with Crippen molar-refractivity contribution in [1.82, 2.24) is 0 Å². The van der Waals surface area contributed by atoms with E-state index in [2.05, 4.69) is 0 Å². The van der Waals surface area contributed by atoms with Crippen LogP contribution in [0.2, 0.25) is 0 Å². The van der Waals surface area contributed by atoms with Crippen molar-refractivity contribution in [3.8, 4) is 11.5 Å². The summed E-state index contributed by atoms with van der Waals surface area (Å²) in [6, 6.07) is 10.4. The Kier molecular flexibility index (Phi) is 4.02. The van der Waals surface area contributed by atoms with E-state index in [4.69, 9.17) is 4.74 Å². The first-order chi connectivity index (χ1) is 9.41. The predicted molar refractivity (Wildman–Crippen MR) is 72.1 cm³/mol. The molecule has 0 aliphatic heterocycles. The average Bonchev–Trinajstić information content (AvgIpc) is 2.38. The van der Waals surface area contributed by atoms with E-state index < -0.39 is 11.7 Å². The fourth-order valence-electron chi connectivity index (χ4n) is 2.06. The number of benzene rings is 2. The van der Waals surface area contributed by atoms with Crippen molar-refractivity contribution in [2.24, 2.45) is 0 Å². The summed E-state index contributed by atoms with van der Waals surface area (Å²) in [5.41, 5.74) is 1.49. The van der Waals surface area contributed by atoms with Gasteiger partial charge in [0.25, 0.3) is 0 Å². The highest BCUT2D eigenvalue weighted by Gasteiger charge is 2.30. The van der Waals surface area contributed by atoms with Crippen LogP contribution < -0.4 is 4.74 Å². The Bertz CT molecular complexity index is 586. The first-order valence-electron chi connectivity index (χ1n) is 6.35. The summed E-state index contributed by atoms with van der Waals surface area (Å²) in [7, 11) is 0. The third-order valence-corrected chi connectivity index (χ3v) is 3.13. The van der Waals surface area contributed by atoms with Gasteiger partial charge in [-0.15, -0.1) is 0 Å². The van der Waals surface area contributed by atoms with Crippen LogP contribution in [-0.4, -0.2) is 0 Å². The summed E-state index contributed by atoms with van der Waals surface area (Å²) in [4.78, 5) is 0. The molecular formula is C16H15F3O. The molecule has 0 aliphatic carbocycles. The second kappa shape index (κ2) is 5.57. The Morgan fingerprint density at radius 3 is 2.20 bits per heavy atom. The van der Waals surface area contributed by atoms with Gasteiger partial charge in [0.15, 0.2) is 0 Å². The molecule has 2 aromatic carbocycles. The molecule has 1 nitrogen and oxygen atoms in total. The number of rotatable bonds is 3. The molecule has 2 rings (SSSR count). The van der Waals surface area contributed by atoms with Gasteiger partial charge in [-0.1, -0.05) is 19.1 Å². The molecule has 0 radical (unpaired) electrons. The molecule has 0 fully saturated rings. The standard InChI is InChI=1S/C16H15F3O/c1-3-14-11(2)5-4-6-15(14)20-13-9-7-12(8-10-13)16(17,18)19/h4-10H,3H2,1-2H3. The highest BCUT2D eigenvalue weighted by Crippen LogP contribution is 2.32. The zero-order chi connectivity index (χ0) is 14.8. The van der Waals surface area contributed by atoms with Crippen molar-refractivity contribution in [2.75, 3.05) is 0 Å². The van der Waals surface area contributed by atoms with Gasteiger partial charge in [0, 0.05) is 0 Å². The molecule has 0 unspecified atom stereocenters. The van der Waals surface area contributed by atoms with Crippen LogP contribution in [-0.2, 0) is 12.6 Å². The van der Waals surface area contributed by atoms with Crippen LogP contribution >= 0.6 is 0 Å². The topological polar surface area (TPSA) is 9.23 Å². The van der Waals surface area contributed by atoms with Crippen molar-refractivity contribution < 1.29 is 17.9 Å². The maximum atomic E-state index is 12.5. The minimum absolute atomic E-state index is 0.401. The monoisotopic (exact) mass is 280 g/mol. The average molecular weight is 280 g/mol. The number of alkyl halides is 3. The van der Waals surface area contributed by atoms with E-state index in [0.717, 1.165) is 29.7 Å². The maximum Gasteiger partial charge on any atom is 0.416 e. The Labute approximate surface area is 116 Å². The maximum absolute atomic E-state index is 12.5. The Balaban J connectivity index is 2.25. The summed E-state index contributed by atoms with van der Waals surface area (Å²) in [6.07, 6.45) is -3.51. The molecule has 0 N–H and O–H groups in total. The van der Waals surface area contributed by atoms with Crippen molar-refractivity contribution in [3.63, 3.8) is 0 Å². The largest absolute Gasteiger partial charge is 0.457 e. The van der Waals surface area contributed by atoms with Gasteiger partial charge in [-0.05, 0) is 54.8 Å². The molecule has 0 spiro atoms. The minimum atomic E-state index is -4.32. The molecule has 0 atom stereocenters. The molecular weight excluding hydrogens is 265 g/mol. The summed E-state index contributed by atoms with van der Waals surface area (Å²) in [6.45, 7) is 4.00. The lowest BCUT2D eigenvalue weighted by molar-refractivity contribution is -0.137. The molecule has 0 amide bonds. The van der Waals surface area contributed by atoms with Crippen LogP contribution in [0.1, 0.15) is 23.6 Å². The fourth-order valence-corrected chi connectivity index (χ4v) is 2.06. The number of hydrogen-bond acceptors (Lipinski definition) is 1. The Hall–Kier alpha value is -1.97. The summed E-state index contributed by atoms with van der Waals surface area (Å²) >= 11 is 0. The van der Waals surface area contributed by atoms with Crippen LogP contribution in [0.25, 0.3) is 0 Å². The van der Waals surface area contributed by atoms with Gasteiger partial charge in [-0.3, -0.25) is 0 Å². The highest BCUT2D eigenvalue weighted by atomic mass is 19.4. The van der Waals surface area contributed by atoms with Gasteiger partial charge in [-0.2, -0.15) is 13.2 Å². The van der Waals surface area contributed by atoms with Crippen LogP contribution in [0, 0.1) is 6.92 Å². The van der Waals surface area contributed by atoms with E-state index in [-0.39, 0.29) is 0 Å². The molecule has 4 heteroatoms. The molecule has 0 aliphatic rings. The molecule has 0 bridgehead atoms. The molecule has 20 heavy (non-hydrogen) atoms. The first kappa shape index (κ1) is 14.4. The number of aryl methyl sites for hydroxylation is 1. The predicted octanol–water partition coefficient (Wildman–Crippen LogP) is 5.37. The third-order valence-electron chi connectivity index (χ3n) is 3.13. The Morgan fingerprint density at radius 1 is 1.00 bits per heavy atom. The van der Waals surface area contributed by atoms with Gasteiger partial charge in [-0.25, -0.2) is 0 Å². The second-order valence-electron chi connectivity index (χ2n) is 4.53. The lowest BCUT2D eigenvalue weighted by Crippen LogP contribution is -2.04. The summed E-state index contributed by atoms with van der Waals surface area (Å²) in [5, 5.41) is 0. The zero-order valence-electron chi connectivity index (χ0n) is 11.3. The van der Waals surface area contributed by atoms with Gasteiger partial charge >= 0.3 is 6.18 Å². The molecule has 106 valence electrons. The van der Waals surface area contributed by atoms with Gasteiger partial charge in [0.1, 0.15) is 11.5 Å². The third kappa shape index (κ3) is 3.13. The van der Waals surface area contributed by atoms with Gasteiger partial charge in [0.2, 0.25) is 0 Å². The second-order valence-corrected chi connectivity index (χ2v) is 4.53. The Morgan fingerprint density at radius 2 is 1.65 bits per heavy atom. The molecule has 0 saturated carbocycles. The summed E-state index contributed by atoms with van der Waals surface area (Å²) in [5.74, 6) is 1.09. The minimum Gasteiger partial charge on any atom is -0.457 e. The van der Waals surface area contributed by atoms with E-state index in [1.54, 1.807) is 0 Å². The van der Waals surface area contributed by atoms with E-state index in [1.165, 1.54) is 12.1 Å². The van der Waals surface area contributed by atoms with Crippen LogP contribution in [0.3, 0.4) is 0 Å². The quantitative estimate of drug-likeness (QED) is 0.734. The molecule has 0 aromatic heterocycles. The summed E-state index contributed by atoms with van der Waals surface area (Å²) < 4.78 is 43.1. The van der Waals surface area contributed by atoms with E-state index >= 15 is 0 Å². The van der Waals surface area contributed by atoms with Crippen molar-refractivity contribution >= 4 is 0 Å². The first-order valence-corrected chi connectivity index (χ1v) is 6.35. The zero-order valence-corrected chi connectivity index (χ0v) is 11.3. The molecule has 0 heterocycles. The van der Waals surface area contributed by atoms with Crippen LogP contribution in [0.5, 0.6) is 11.5 Å². The van der Waals surface area contributed by atoms with Crippen LogP contribution in [0.4, 0.5) is 13.2 Å². The number of ether oxygens (including phenoxy) is 1. The smallest absolute Gasteiger partial charge is 0.416 e. The van der Waals surface area contributed by atoms with E-state index in [0.29, 0.717) is 11.5 Å². The fraction of sp³-hybridized carbons (Fsp3) is 0.250. The van der Waals surface area contributed by atoms with Crippen molar-refractivity contribution in [3.05, 3.63) is 59.2 Å².